The topological polar surface area (TPSA) is 137 Å². The first-order chi connectivity index (χ1) is 16.8. The van der Waals surface area contributed by atoms with Gasteiger partial charge < -0.3 is 9.15 Å². The van der Waals surface area contributed by atoms with Crippen molar-refractivity contribution in [2.24, 2.45) is 0 Å². The van der Waals surface area contributed by atoms with Crippen LogP contribution in [0.3, 0.4) is 0 Å². The zero-order valence-corrected chi connectivity index (χ0v) is 19.6. The zero-order valence-electron chi connectivity index (χ0n) is 18.8. The minimum Gasteiger partial charge on any atom is -0.483 e. The van der Waals surface area contributed by atoms with Crippen molar-refractivity contribution in [1.29, 1.82) is 0 Å². The zero-order chi connectivity index (χ0) is 24.7. The molecule has 4 aromatic heterocycles. The Morgan fingerprint density at radius 3 is 2.69 bits per heavy atom. The van der Waals surface area contributed by atoms with Crippen molar-refractivity contribution in [3.8, 4) is 28.7 Å². The number of halogens is 1. The summed E-state index contributed by atoms with van der Waals surface area (Å²) in [5.74, 6) is -0.0355. The van der Waals surface area contributed by atoms with Crippen LogP contribution >= 0.6 is 11.6 Å². The molecule has 0 aliphatic rings. The number of nitrogens with one attached hydrogen (secondary N) is 1. The molecule has 0 fully saturated rings. The van der Waals surface area contributed by atoms with E-state index in [4.69, 9.17) is 20.8 Å². The van der Waals surface area contributed by atoms with Gasteiger partial charge in [0, 0.05) is 23.5 Å². The lowest BCUT2D eigenvalue weighted by atomic mass is 10.0. The van der Waals surface area contributed by atoms with Crippen molar-refractivity contribution in [2.75, 3.05) is 0 Å². The van der Waals surface area contributed by atoms with Gasteiger partial charge in [0.2, 0.25) is 5.82 Å². The van der Waals surface area contributed by atoms with E-state index in [9.17, 15) is 9.59 Å². The van der Waals surface area contributed by atoms with E-state index in [1.807, 2.05) is 13.0 Å². The second-order valence-corrected chi connectivity index (χ2v) is 8.28. The van der Waals surface area contributed by atoms with Gasteiger partial charge in [-0.1, -0.05) is 16.8 Å². The maximum Gasteiger partial charge on any atom is 0.439 e. The molecule has 1 atom stereocenters. The number of hydrogen-bond acceptors (Lipinski definition) is 9. The number of pyridine rings is 1. The van der Waals surface area contributed by atoms with Gasteiger partial charge in [-0.2, -0.15) is 0 Å². The predicted octanol–water partition coefficient (Wildman–Crippen LogP) is 4.40. The first kappa shape index (κ1) is 22.5. The second kappa shape index (κ2) is 8.80. The number of rotatable bonds is 5. The van der Waals surface area contributed by atoms with Gasteiger partial charge in [-0.05, 0) is 50.6 Å². The van der Waals surface area contributed by atoms with E-state index in [0.717, 1.165) is 5.56 Å². The highest BCUT2D eigenvalue weighted by atomic mass is 35.5. The summed E-state index contributed by atoms with van der Waals surface area (Å²) in [6.07, 6.45) is 4.01. The molecule has 5 aromatic rings. The Hall–Kier alpha value is -4.31. The number of aryl methyl sites for hydroxylation is 1. The van der Waals surface area contributed by atoms with Gasteiger partial charge in [-0.25, -0.2) is 14.8 Å². The summed E-state index contributed by atoms with van der Waals surface area (Å²) in [5.41, 5.74) is 2.78. The van der Waals surface area contributed by atoms with E-state index >= 15 is 0 Å². The SMILES string of the molecule is Cc1cc(C(C)Oc2ccc(Cl)nc2-c2noc(=O)[nH]2)c2oc(-c3cnccn3)c(C)c(=O)c2c1. The number of aromatic amines is 1. The molecule has 11 heteroatoms. The van der Waals surface area contributed by atoms with Crippen molar-refractivity contribution >= 4 is 22.6 Å². The summed E-state index contributed by atoms with van der Waals surface area (Å²) in [5, 5.41) is 4.29. The third-order valence-electron chi connectivity index (χ3n) is 5.42. The van der Waals surface area contributed by atoms with E-state index < -0.39 is 11.9 Å². The Morgan fingerprint density at radius 2 is 1.97 bits per heavy atom. The van der Waals surface area contributed by atoms with Crippen molar-refractivity contribution < 1.29 is 13.7 Å². The van der Waals surface area contributed by atoms with Crippen LogP contribution < -0.4 is 15.9 Å². The molecule has 4 heterocycles. The normalized spacial score (nSPS) is 12.1. The molecule has 0 bridgehead atoms. The smallest absolute Gasteiger partial charge is 0.439 e. The van der Waals surface area contributed by atoms with E-state index in [2.05, 4.69) is 29.6 Å². The van der Waals surface area contributed by atoms with Crippen LogP contribution in [0.2, 0.25) is 5.15 Å². The number of hydrogen-bond donors (Lipinski definition) is 1. The van der Waals surface area contributed by atoms with Gasteiger partial charge in [-0.3, -0.25) is 19.3 Å². The predicted molar refractivity (Wildman–Crippen MR) is 127 cm³/mol. The summed E-state index contributed by atoms with van der Waals surface area (Å²) in [6.45, 7) is 5.39. The van der Waals surface area contributed by atoms with Gasteiger partial charge in [0.1, 0.15) is 28.3 Å². The average molecular weight is 492 g/mol. The van der Waals surface area contributed by atoms with Crippen LogP contribution in [-0.4, -0.2) is 25.1 Å². The van der Waals surface area contributed by atoms with Crippen LogP contribution in [0.1, 0.15) is 29.7 Å². The molecule has 0 aliphatic carbocycles. The monoisotopic (exact) mass is 491 g/mol. The molecule has 0 amide bonds. The Bertz CT molecular complexity index is 1680. The number of fused-ring (bicyclic) bond motifs is 1. The molecule has 1 unspecified atom stereocenters. The molecule has 176 valence electrons. The number of benzene rings is 1. The van der Waals surface area contributed by atoms with E-state index in [1.165, 1.54) is 12.4 Å². The first-order valence-corrected chi connectivity index (χ1v) is 10.9. The number of ether oxygens (including phenoxy) is 1. The third-order valence-corrected chi connectivity index (χ3v) is 5.63. The van der Waals surface area contributed by atoms with Crippen molar-refractivity contribution in [1.82, 2.24) is 25.1 Å². The first-order valence-electron chi connectivity index (χ1n) is 10.6. The molecule has 10 nitrogen and oxygen atoms in total. The quantitative estimate of drug-likeness (QED) is 0.354. The molecule has 0 saturated heterocycles. The van der Waals surface area contributed by atoms with Gasteiger partial charge >= 0.3 is 5.76 Å². The fraction of sp³-hybridized carbons (Fsp3) is 0.167. The number of aromatic nitrogens is 5. The van der Waals surface area contributed by atoms with Crippen LogP contribution in [0.25, 0.3) is 33.9 Å². The van der Waals surface area contributed by atoms with Crippen molar-refractivity contribution in [3.63, 3.8) is 0 Å². The third kappa shape index (κ3) is 4.19. The highest BCUT2D eigenvalue weighted by Crippen LogP contribution is 2.34. The molecular weight excluding hydrogens is 474 g/mol. The minimum atomic E-state index is -0.737. The van der Waals surface area contributed by atoms with Crippen molar-refractivity contribution in [3.05, 3.63) is 85.5 Å². The van der Waals surface area contributed by atoms with Gasteiger partial charge in [0.05, 0.1) is 11.6 Å². The van der Waals surface area contributed by atoms with E-state index in [-0.39, 0.29) is 22.1 Å². The summed E-state index contributed by atoms with van der Waals surface area (Å²) >= 11 is 6.06. The van der Waals surface area contributed by atoms with Crippen LogP contribution in [-0.2, 0) is 0 Å². The van der Waals surface area contributed by atoms with Gasteiger partial charge in [-0.15, -0.1) is 0 Å². The standard InChI is InChI=1S/C24H18ClN5O5/c1-11-8-14(13(3)33-17-4-5-18(25)28-19(17)23-29-24(32)35-30-23)22-15(9-11)20(31)12(2)21(34-22)16-10-26-6-7-27-16/h4-10,13H,1-3H3,(H,29,30,32). The molecule has 0 spiro atoms. The molecular formula is C24H18ClN5O5. The summed E-state index contributed by atoms with van der Waals surface area (Å²) in [7, 11) is 0. The Morgan fingerprint density at radius 1 is 1.14 bits per heavy atom. The summed E-state index contributed by atoms with van der Waals surface area (Å²) < 4.78 is 17.1. The van der Waals surface area contributed by atoms with E-state index in [1.54, 1.807) is 38.2 Å². The molecule has 5 rings (SSSR count). The Balaban J connectivity index is 1.65. The van der Waals surface area contributed by atoms with Gasteiger partial charge in [0.15, 0.2) is 16.9 Å². The Labute approximate surface area is 202 Å². The lowest BCUT2D eigenvalue weighted by Gasteiger charge is -2.19. The van der Waals surface area contributed by atoms with E-state index in [0.29, 0.717) is 39.3 Å². The average Bonchev–Trinajstić information content (AvgIpc) is 3.29. The molecule has 1 N–H and O–H groups in total. The highest BCUT2D eigenvalue weighted by molar-refractivity contribution is 6.29. The number of H-pyrrole nitrogens is 1. The van der Waals surface area contributed by atoms with Crippen LogP contribution in [0.4, 0.5) is 0 Å². The lowest BCUT2D eigenvalue weighted by Crippen LogP contribution is -2.12. The van der Waals surface area contributed by atoms with Crippen LogP contribution in [0.5, 0.6) is 5.75 Å². The fourth-order valence-corrected chi connectivity index (χ4v) is 3.95. The van der Waals surface area contributed by atoms with Crippen molar-refractivity contribution in [2.45, 2.75) is 26.9 Å². The minimum absolute atomic E-state index is 0.0703. The molecule has 35 heavy (non-hydrogen) atoms. The van der Waals surface area contributed by atoms with Gasteiger partial charge in [0.25, 0.3) is 0 Å². The van der Waals surface area contributed by atoms with Crippen LogP contribution in [0, 0.1) is 13.8 Å². The second-order valence-electron chi connectivity index (χ2n) is 7.89. The lowest BCUT2D eigenvalue weighted by molar-refractivity contribution is 0.227. The molecule has 0 saturated carbocycles. The molecule has 0 aliphatic heterocycles. The summed E-state index contributed by atoms with van der Waals surface area (Å²) in [6, 6.07) is 6.82. The largest absolute Gasteiger partial charge is 0.483 e. The Kier molecular flexibility index (Phi) is 5.65. The maximum absolute atomic E-state index is 13.3. The molecule has 0 radical (unpaired) electrons. The summed E-state index contributed by atoms with van der Waals surface area (Å²) in [4.78, 5) is 39.7. The highest BCUT2D eigenvalue weighted by Gasteiger charge is 2.22. The number of nitrogens with zero attached hydrogens (tertiary/aromatic N) is 4. The maximum atomic E-state index is 13.3. The van der Waals surface area contributed by atoms with Crippen LogP contribution in [0.15, 0.2) is 61.4 Å². The fourth-order valence-electron chi connectivity index (χ4n) is 3.80. The molecule has 1 aromatic carbocycles.